The van der Waals surface area contributed by atoms with Crippen molar-refractivity contribution in [3.05, 3.63) is 66.0 Å². The molecule has 170 valence electrons. The molecule has 0 aliphatic carbocycles. The molecule has 8 heteroatoms. The van der Waals surface area contributed by atoms with Gasteiger partial charge in [-0.2, -0.15) is 0 Å². The summed E-state index contributed by atoms with van der Waals surface area (Å²) in [6.07, 6.45) is 1.23. The number of hydrogen-bond acceptors (Lipinski definition) is 6. The van der Waals surface area contributed by atoms with Crippen molar-refractivity contribution in [1.29, 1.82) is 0 Å². The number of nitrogens with one attached hydrogen (secondary N) is 1. The van der Waals surface area contributed by atoms with E-state index in [4.69, 9.17) is 4.74 Å². The van der Waals surface area contributed by atoms with Gasteiger partial charge in [0.05, 0.1) is 17.1 Å². The van der Waals surface area contributed by atoms with Crippen LogP contribution in [0.4, 0.5) is 5.82 Å². The summed E-state index contributed by atoms with van der Waals surface area (Å²) in [6.45, 7) is 8.12. The SMILES string of the molecule is CC(C)c1ccc(-c2c(NS(=O)(=O)c3ccc(C(C)C)cc3)ncnc2OCCO)cc1. The second-order valence-electron chi connectivity index (χ2n) is 8.08. The van der Waals surface area contributed by atoms with Gasteiger partial charge in [-0.1, -0.05) is 64.1 Å². The van der Waals surface area contributed by atoms with Crippen molar-refractivity contribution in [1.82, 2.24) is 9.97 Å². The normalized spacial score (nSPS) is 11.7. The van der Waals surface area contributed by atoms with Gasteiger partial charge in [-0.15, -0.1) is 0 Å². The van der Waals surface area contributed by atoms with E-state index in [9.17, 15) is 13.5 Å². The molecule has 0 bridgehead atoms. The molecule has 32 heavy (non-hydrogen) atoms. The standard InChI is InChI=1S/C24H29N3O4S/c1-16(2)18-5-7-20(8-6-18)22-23(25-15-26-24(22)31-14-13-28)27-32(29,30)21-11-9-19(10-12-21)17(3)4/h5-12,15-17,28H,13-14H2,1-4H3,(H,25,26,27). The second-order valence-corrected chi connectivity index (χ2v) is 9.76. The van der Waals surface area contributed by atoms with Crippen molar-refractivity contribution < 1.29 is 18.3 Å². The number of nitrogens with zero attached hydrogens (tertiary/aromatic N) is 2. The third kappa shape index (κ3) is 5.44. The highest BCUT2D eigenvalue weighted by molar-refractivity contribution is 7.92. The number of sulfonamides is 1. The first kappa shape index (κ1) is 23.7. The summed E-state index contributed by atoms with van der Waals surface area (Å²) in [7, 11) is -3.89. The minimum absolute atomic E-state index is 0.0247. The van der Waals surface area contributed by atoms with E-state index >= 15 is 0 Å². The van der Waals surface area contributed by atoms with Crippen molar-refractivity contribution in [2.24, 2.45) is 0 Å². The van der Waals surface area contributed by atoms with Gasteiger partial charge in [0.25, 0.3) is 10.0 Å². The van der Waals surface area contributed by atoms with E-state index in [-0.39, 0.29) is 29.8 Å². The molecule has 0 aliphatic heterocycles. The summed E-state index contributed by atoms with van der Waals surface area (Å²) in [4.78, 5) is 8.50. The van der Waals surface area contributed by atoms with Gasteiger partial charge in [0, 0.05) is 0 Å². The zero-order valence-corrected chi connectivity index (χ0v) is 19.6. The van der Waals surface area contributed by atoms with E-state index in [0.717, 1.165) is 11.1 Å². The summed E-state index contributed by atoms with van der Waals surface area (Å²) in [5, 5.41) is 9.17. The van der Waals surface area contributed by atoms with Crippen LogP contribution in [0.15, 0.2) is 59.8 Å². The van der Waals surface area contributed by atoms with Gasteiger partial charge in [0.2, 0.25) is 5.88 Å². The third-order valence-electron chi connectivity index (χ3n) is 5.10. The molecule has 0 amide bonds. The van der Waals surface area contributed by atoms with E-state index < -0.39 is 10.0 Å². The van der Waals surface area contributed by atoms with Crippen LogP contribution in [0.3, 0.4) is 0 Å². The molecule has 0 spiro atoms. The van der Waals surface area contributed by atoms with Crippen molar-refractivity contribution >= 4 is 15.8 Å². The van der Waals surface area contributed by atoms with Crippen molar-refractivity contribution in [3.63, 3.8) is 0 Å². The molecule has 2 aromatic carbocycles. The highest BCUT2D eigenvalue weighted by Gasteiger charge is 2.22. The Hall–Kier alpha value is -2.97. The molecule has 2 N–H and O–H groups in total. The molecule has 0 fully saturated rings. The lowest BCUT2D eigenvalue weighted by atomic mass is 9.99. The molecule has 0 saturated heterocycles. The molecular weight excluding hydrogens is 426 g/mol. The quantitative estimate of drug-likeness (QED) is 0.490. The molecule has 3 rings (SSSR count). The molecule has 1 aromatic heterocycles. The fourth-order valence-electron chi connectivity index (χ4n) is 3.21. The fraction of sp³-hybridized carbons (Fsp3) is 0.333. The second kappa shape index (κ2) is 10.1. The summed E-state index contributed by atoms with van der Waals surface area (Å²) >= 11 is 0. The first-order chi connectivity index (χ1) is 15.2. The van der Waals surface area contributed by atoms with Gasteiger partial charge >= 0.3 is 0 Å². The number of aliphatic hydroxyl groups is 1. The Morgan fingerprint density at radius 2 is 1.47 bits per heavy atom. The van der Waals surface area contributed by atoms with Gasteiger partial charge in [-0.25, -0.2) is 18.4 Å². The summed E-state index contributed by atoms with van der Waals surface area (Å²) in [5.41, 5.74) is 3.32. The Morgan fingerprint density at radius 3 is 2.00 bits per heavy atom. The Kier molecular flexibility index (Phi) is 7.48. The molecule has 0 unspecified atom stereocenters. The van der Waals surface area contributed by atoms with Gasteiger partial charge < -0.3 is 9.84 Å². The summed E-state index contributed by atoms with van der Waals surface area (Å²) in [5.74, 6) is 0.957. The Bertz CT molecular complexity index is 1140. The van der Waals surface area contributed by atoms with E-state index in [1.165, 1.54) is 6.33 Å². The van der Waals surface area contributed by atoms with Crippen LogP contribution >= 0.6 is 0 Å². The smallest absolute Gasteiger partial charge is 0.263 e. The minimum Gasteiger partial charge on any atom is -0.475 e. The van der Waals surface area contributed by atoms with Crippen LogP contribution < -0.4 is 9.46 Å². The lowest BCUT2D eigenvalue weighted by Crippen LogP contribution is -2.16. The van der Waals surface area contributed by atoms with Crippen molar-refractivity contribution in [2.75, 3.05) is 17.9 Å². The maximum absolute atomic E-state index is 13.1. The third-order valence-corrected chi connectivity index (χ3v) is 6.45. The Balaban J connectivity index is 2.03. The summed E-state index contributed by atoms with van der Waals surface area (Å²) < 4.78 is 34.3. The number of hydrogen-bond donors (Lipinski definition) is 2. The van der Waals surface area contributed by atoms with Crippen molar-refractivity contribution in [2.45, 2.75) is 44.4 Å². The maximum Gasteiger partial charge on any atom is 0.263 e. The fourth-order valence-corrected chi connectivity index (χ4v) is 4.23. The molecule has 7 nitrogen and oxygen atoms in total. The van der Waals surface area contributed by atoms with E-state index in [1.807, 2.05) is 38.1 Å². The first-order valence-electron chi connectivity index (χ1n) is 10.5. The molecule has 0 saturated carbocycles. The van der Waals surface area contributed by atoms with Gasteiger partial charge in [-0.3, -0.25) is 4.72 Å². The molecule has 3 aromatic rings. The van der Waals surface area contributed by atoms with Gasteiger partial charge in [-0.05, 0) is 40.7 Å². The first-order valence-corrected chi connectivity index (χ1v) is 12.0. The van der Waals surface area contributed by atoms with Crippen LogP contribution in [0.5, 0.6) is 5.88 Å². The number of aromatic nitrogens is 2. The number of ether oxygens (including phenoxy) is 1. The maximum atomic E-state index is 13.1. The minimum atomic E-state index is -3.89. The van der Waals surface area contributed by atoms with Crippen LogP contribution in [0.1, 0.15) is 50.7 Å². The molecule has 0 radical (unpaired) electrons. The number of rotatable bonds is 9. The van der Waals surface area contributed by atoms with Crippen LogP contribution in [0.25, 0.3) is 11.1 Å². The topological polar surface area (TPSA) is 101 Å². The largest absolute Gasteiger partial charge is 0.475 e. The van der Waals surface area contributed by atoms with Gasteiger partial charge in [0.1, 0.15) is 12.9 Å². The average Bonchev–Trinajstić information content (AvgIpc) is 2.77. The zero-order chi connectivity index (χ0) is 23.3. The average molecular weight is 456 g/mol. The number of aliphatic hydroxyl groups excluding tert-OH is 1. The van der Waals surface area contributed by atoms with E-state index in [2.05, 4.69) is 28.5 Å². The zero-order valence-electron chi connectivity index (χ0n) is 18.7. The van der Waals surface area contributed by atoms with E-state index in [1.54, 1.807) is 24.3 Å². The molecular formula is C24H29N3O4S. The Morgan fingerprint density at radius 1 is 0.906 bits per heavy atom. The monoisotopic (exact) mass is 455 g/mol. The molecule has 0 atom stereocenters. The highest BCUT2D eigenvalue weighted by Crippen LogP contribution is 2.35. The van der Waals surface area contributed by atoms with Crippen LogP contribution in [0, 0.1) is 0 Å². The number of anilines is 1. The van der Waals surface area contributed by atoms with Crippen LogP contribution in [-0.4, -0.2) is 36.7 Å². The Labute approximate surface area is 189 Å². The van der Waals surface area contributed by atoms with Crippen LogP contribution in [0.2, 0.25) is 0 Å². The molecule has 0 aliphatic rings. The van der Waals surface area contributed by atoms with E-state index in [0.29, 0.717) is 23.0 Å². The number of benzene rings is 2. The molecule has 1 heterocycles. The predicted octanol–water partition coefficient (Wildman–Crippen LogP) is 4.56. The van der Waals surface area contributed by atoms with Crippen LogP contribution in [-0.2, 0) is 10.0 Å². The summed E-state index contributed by atoms with van der Waals surface area (Å²) in [6, 6.07) is 14.5. The lowest BCUT2D eigenvalue weighted by molar-refractivity contribution is 0.197. The van der Waals surface area contributed by atoms with Crippen molar-refractivity contribution in [3.8, 4) is 17.0 Å². The lowest BCUT2D eigenvalue weighted by Gasteiger charge is -2.16. The van der Waals surface area contributed by atoms with Gasteiger partial charge in [0.15, 0.2) is 5.82 Å². The highest BCUT2D eigenvalue weighted by atomic mass is 32.2. The predicted molar refractivity (Wildman–Crippen MR) is 125 cm³/mol.